The number of hydrogen-bond acceptors (Lipinski definition) is 4. The molecule has 0 spiro atoms. The molecule has 0 aliphatic heterocycles. The van der Waals surface area contributed by atoms with Crippen LogP contribution < -0.4 is 15.2 Å². The third-order valence-corrected chi connectivity index (χ3v) is 3.82. The molecule has 0 amide bonds. The summed E-state index contributed by atoms with van der Waals surface area (Å²) in [6.07, 6.45) is 0.629. The topological polar surface area (TPSA) is 64.7 Å². The summed E-state index contributed by atoms with van der Waals surface area (Å²) in [6.45, 7) is 4.96. The van der Waals surface area contributed by atoms with Crippen molar-refractivity contribution in [2.24, 2.45) is 5.73 Å². The maximum atomic E-state index is 14.1. The van der Waals surface area contributed by atoms with Crippen molar-refractivity contribution < 1.29 is 19.0 Å². The van der Waals surface area contributed by atoms with Gasteiger partial charge in [-0.05, 0) is 62.2 Å². The number of hydrogen-bond donors (Lipinski definition) is 2. The monoisotopic (exact) mass is 333 g/mol. The number of aromatic hydroxyl groups is 1. The van der Waals surface area contributed by atoms with Gasteiger partial charge in [0, 0.05) is 5.92 Å². The van der Waals surface area contributed by atoms with E-state index in [9.17, 15) is 9.50 Å². The Morgan fingerprint density at radius 1 is 1.04 bits per heavy atom. The van der Waals surface area contributed by atoms with Gasteiger partial charge in [0.2, 0.25) is 0 Å². The van der Waals surface area contributed by atoms with Crippen molar-refractivity contribution in [1.82, 2.24) is 0 Å². The Kier molecular flexibility index (Phi) is 6.44. The number of nitrogens with two attached hydrogens (primary N) is 1. The van der Waals surface area contributed by atoms with E-state index in [1.807, 2.05) is 26.0 Å². The fourth-order valence-electron chi connectivity index (χ4n) is 2.62. The molecule has 2 aromatic rings. The first-order valence-corrected chi connectivity index (χ1v) is 8.16. The van der Waals surface area contributed by atoms with Crippen LogP contribution in [0.1, 0.15) is 30.9 Å². The zero-order valence-corrected chi connectivity index (χ0v) is 14.1. The summed E-state index contributed by atoms with van der Waals surface area (Å²) < 4.78 is 24.7. The summed E-state index contributed by atoms with van der Waals surface area (Å²) in [7, 11) is 0. The molecular weight excluding hydrogens is 309 g/mol. The van der Waals surface area contributed by atoms with E-state index >= 15 is 0 Å². The van der Waals surface area contributed by atoms with Gasteiger partial charge in [0.1, 0.15) is 0 Å². The van der Waals surface area contributed by atoms with Crippen molar-refractivity contribution in [2.75, 3.05) is 19.8 Å². The Labute approximate surface area is 142 Å². The highest BCUT2D eigenvalue weighted by atomic mass is 19.1. The van der Waals surface area contributed by atoms with Crippen LogP contribution in [0.2, 0.25) is 0 Å². The van der Waals surface area contributed by atoms with Crippen molar-refractivity contribution in [2.45, 2.75) is 26.2 Å². The summed E-state index contributed by atoms with van der Waals surface area (Å²) >= 11 is 0. The minimum absolute atomic E-state index is 0.0332. The molecule has 0 bridgehead atoms. The van der Waals surface area contributed by atoms with E-state index in [2.05, 4.69) is 0 Å². The molecule has 2 aromatic carbocycles. The van der Waals surface area contributed by atoms with Gasteiger partial charge in [-0.1, -0.05) is 12.1 Å². The molecule has 0 saturated carbocycles. The molecule has 3 N–H and O–H groups in total. The van der Waals surface area contributed by atoms with Crippen molar-refractivity contribution in [3.8, 4) is 17.2 Å². The van der Waals surface area contributed by atoms with E-state index in [0.717, 1.165) is 11.1 Å². The minimum Gasteiger partial charge on any atom is -0.504 e. The number of ether oxygens (including phenoxy) is 2. The minimum atomic E-state index is -0.381. The Morgan fingerprint density at radius 2 is 1.75 bits per heavy atom. The fourth-order valence-corrected chi connectivity index (χ4v) is 2.62. The van der Waals surface area contributed by atoms with E-state index < -0.39 is 0 Å². The Balaban J connectivity index is 2.20. The first-order valence-electron chi connectivity index (χ1n) is 8.16. The summed E-state index contributed by atoms with van der Waals surface area (Å²) in [5, 5.41) is 9.78. The van der Waals surface area contributed by atoms with Crippen molar-refractivity contribution in [3.05, 3.63) is 53.3 Å². The molecular formula is C19H24FNO3. The van der Waals surface area contributed by atoms with Crippen LogP contribution in [0.4, 0.5) is 4.39 Å². The Hall–Kier alpha value is -2.27. The molecule has 1 atom stereocenters. The lowest BCUT2D eigenvalue weighted by Gasteiger charge is -2.17. The molecule has 0 aromatic heterocycles. The average Bonchev–Trinajstić information content (AvgIpc) is 2.57. The van der Waals surface area contributed by atoms with E-state index in [4.69, 9.17) is 15.2 Å². The predicted molar refractivity (Wildman–Crippen MR) is 92.3 cm³/mol. The maximum Gasteiger partial charge on any atom is 0.165 e. The lowest BCUT2D eigenvalue weighted by molar-refractivity contribution is 0.317. The van der Waals surface area contributed by atoms with Crippen LogP contribution in [0.15, 0.2) is 36.4 Å². The lowest BCUT2D eigenvalue weighted by atomic mass is 9.91. The second kappa shape index (κ2) is 8.55. The van der Waals surface area contributed by atoms with Crippen molar-refractivity contribution in [1.29, 1.82) is 0 Å². The van der Waals surface area contributed by atoms with Gasteiger partial charge >= 0.3 is 0 Å². The highest BCUT2D eigenvalue weighted by Gasteiger charge is 2.15. The van der Waals surface area contributed by atoms with Crippen LogP contribution in [0, 0.1) is 5.82 Å². The SMILES string of the molecule is CCOc1cc(CC(CN)c2ccc(OCC)c(F)c2)ccc1O. The zero-order chi connectivity index (χ0) is 17.5. The molecule has 24 heavy (non-hydrogen) atoms. The van der Waals surface area contributed by atoms with Gasteiger partial charge < -0.3 is 20.3 Å². The molecule has 0 aliphatic rings. The molecule has 130 valence electrons. The normalized spacial score (nSPS) is 12.0. The molecule has 0 radical (unpaired) electrons. The Morgan fingerprint density at radius 3 is 2.38 bits per heavy atom. The molecule has 0 heterocycles. The number of phenolic OH excluding ortho intramolecular Hbond substituents is 1. The standard InChI is InChI=1S/C19H24FNO3/c1-3-23-18-8-6-14(11-16(18)20)15(12-21)9-13-5-7-17(22)19(10-13)24-4-2/h5-8,10-11,15,22H,3-4,9,12,21H2,1-2H3. The smallest absolute Gasteiger partial charge is 0.165 e. The molecule has 4 nitrogen and oxygen atoms in total. The van der Waals surface area contributed by atoms with Gasteiger partial charge in [-0.15, -0.1) is 0 Å². The molecule has 0 aliphatic carbocycles. The second-order valence-corrected chi connectivity index (χ2v) is 5.49. The fraction of sp³-hybridized carbons (Fsp3) is 0.368. The third kappa shape index (κ3) is 4.38. The van der Waals surface area contributed by atoms with Gasteiger partial charge in [-0.25, -0.2) is 4.39 Å². The van der Waals surface area contributed by atoms with E-state index in [1.165, 1.54) is 6.07 Å². The van der Waals surface area contributed by atoms with Gasteiger partial charge in [0.15, 0.2) is 23.1 Å². The number of benzene rings is 2. The summed E-state index contributed by atoms with van der Waals surface area (Å²) in [5.41, 5.74) is 7.69. The van der Waals surface area contributed by atoms with E-state index in [0.29, 0.717) is 31.9 Å². The van der Waals surface area contributed by atoms with Crippen molar-refractivity contribution in [3.63, 3.8) is 0 Å². The summed E-state index contributed by atoms with van der Waals surface area (Å²) in [6, 6.07) is 10.2. The van der Waals surface area contributed by atoms with Crippen LogP contribution in [0.5, 0.6) is 17.2 Å². The highest BCUT2D eigenvalue weighted by Crippen LogP contribution is 2.30. The van der Waals surface area contributed by atoms with Gasteiger partial charge in [0.25, 0.3) is 0 Å². The van der Waals surface area contributed by atoms with E-state index in [1.54, 1.807) is 18.2 Å². The first kappa shape index (κ1) is 18.1. The zero-order valence-electron chi connectivity index (χ0n) is 14.1. The van der Waals surface area contributed by atoms with Gasteiger partial charge in [-0.3, -0.25) is 0 Å². The molecule has 0 fully saturated rings. The Bertz CT molecular complexity index is 676. The van der Waals surface area contributed by atoms with Crippen LogP contribution >= 0.6 is 0 Å². The summed E-state index contributed by atoms with van der Waals surface area (Å²) in [4.78, 5) is 0. The molecule has 2 rings (SSSR count). The number of rotatable bonds is 8. The largest absolute Gasteiger partial charge is 0.504 e. The van der Waals surface area contributed by atoms with Crippen LogP contribution in [-0.4, -0.2) is 24.9 Å². The average molecular weight is 333 g/mol. The predicted octanol–water partition coefficient (Wildman–Crippen LogP) is 3.61. The third-order valence-electron chi connectivity index (χ3n) is 3.82. The highest BCUT2D eigenvalue weighted by molar-refractivity contribution is 5.42. The van der Waals surface area contributed by atoms with Gasteiger partial charge in [-0.2, -0.15) is 0 Å². The molecule has 0 saturated heterocycles. The molecule has 5 heteroatoms. The van der Waals surface area contributed by atoms with E-state index in [-0.39, 0.29) is 23.2 Å². The van der Waals surface area contributed by atoms with Crippen LogP contribution in [0.3, 0.4) is 0 Å². The summed E-state index contributed by atoms with van der Waals surface area (Å²) in [5.74, 6) is 0.392. The molecule has 1 unspecified atom stereocenters. The van der Waals surface area contributed by atoms with Gasteiger partial charge in [0.05, 0.1) is 13.2 Å². The number of halogens is 1. The lowest BCUT2D eigenvalue weighted by Crippen LogP contribution is -2.15. The maximum absolute atomic E-state index is 14.1. The second-order valence-electron chi connectivity index (χ2n) is 5.49. The van der Waals surface area contributed by atoms with Crippen LogP contribution in [-0.2, 0) is 6.42 Å². The van der Waals surface area contributed by atoms with Crippen LogP contribution in [0.25, 0.3) is 0 Å². The quantitative estimate of drug-likeness (QED) is 0.774. The number of phenols is 1. The first-order chi connectivity index (χ1) is 11.6. The van der Waals surface area contributed by atoms with Crippen molar-refractivity contribution >= 4 is 0 Å².